The van der Waals surface area contributed by atoms with Crippen molar-refractivity contribution in [3.8, 4) is 0 Å². The molecule has 5 heteroatoms. The molecule has 0 aliphatic heterocycles. The molecule has 0 saturated heterocycles. The Kier molecular flexibility index (Phi) is 2.55. The van der Waals surface area contributed by atoms with E-state index in [1.165, 1.54) is 12.5 Å². The minimum Gasteiger partial charge on any atom is -0.472 e. The van der Waals surface area contributed by atoms with Crippen LogP contribution in [0, 0.1) is 4.77 Å². The summed E-state index contributed by atoms with van der Waals surface area (Å²) < 4.78 is 5.34. The summed E-state index contributed by atoms with van der Waals surface area (Å²) in [6.07, 6.45) is 3.62. The smallest absolute Gasteiger partial charge is 0.214 e. The van der Waals surface area contributed by atoms with Crippen molar-refractivity contribution in [1.82, 2.24) is 9.97 Å². The van der Waals surface area contributed by atoms with Crippen LogP contribution < -0.4 is 0 Å². The molecule has 2 heterocycles. The van der Waals surface area contributed by atoms with Crippen molar-refractivity contribution in [3.63, 3.8) is 0 Å². The predicted molar refractivity (Wildman–Crippen MR) is 57.5 cm³/mol. The van der Waals surface area contributed by atoms with Crippen molar-refractivity contribution in [3.05, 3.63) is 40.3 Å². The molecule has 0 unspecified atom stereocenters. The van der Waals surface area contributed by atoms with Gasteiger partial charge in [0.1, 0.15) is 12.0 Å². The number of carbonyl (C=O) groups is 1. The maximum Gasteiger partial charge on any atom is 0.214 e. The highest BCUT2D eigenvalue weighted by Gasteiger charge is 2.15. The van der Waals surface area contributed by atoms with Crippen LogP contribution in [0.25, 0.3) is 0 Å². The van der Waals surface area contributed by atoms with Gasteiger partial charge in [0.05, 0.1) is 11.8 Å². The molecule has 4 nitrogen and oxygen atoms in total. The fourth-order valence-electron chi connectivity index (χ4n) is 1.42. The molecule has 0 bridgehead atoms. The molecule has 0 aromatic carbocycles. The van der Waals surface area contributed by atoms with E-state index in [-0.39, 0.29) is 5.78 Å². The number of imidazole rings is 1. The van der Waals surface area contributed by atoms with Gasteiger partial charge >= 0.3 is 0 Å². The quantitative estimate of drug-likeness (QED) is 0.619. The van der Waals surface area contributed by atoms with E-state index in [9.17, 15) is 4.79 Å². The third kappa shape index (κ3) is 1.78. The first-order valence-corrected chi connectivity index (χ1v) is 5.01. The Hall–Kier alpha value is -1.62. The van der Waals surface area contributed by atoms with Gasteiger partial charge in [0, 0.05) is 5.69 Å². The zero-order valence-electron chi connectivity index (χ0n) is 8.16. The van der Waals surface area contributed by atoms with Crippen LogP contribution in [0.15, 0.2) is 23.0 Å². The summed E-state index contributed by atoms with van der Waals surface area (Å²) in [6.45, 7) is 1.96. The van der Waals surface area contributed by atoms with Gasteiger partial charge < -0.3 is 14.4 Å². The number of H-pyrrole nitrogens is 2. The van der Waals surface area contributed by atoms with Crippen LogP contribution in [0.5, 0.6) is 0 Å². The summed E-state index contributed by atoms with van der Waals surface area (Å²) in [6, 6.07) is 1.63. The molecule has 0 atom stereocenters. The first kappa shape index (κ1) is 9.92. The average molecular weight is 222 g/mol. The highest BCUT2D eigenvalue weighted by molar-refractivity contribution is 7.71. The molecular weight excluding hydrogens is 212 g/mol. The lowest BCUT2D eigenvalue weighted by Gasteiger charge is -1.96. The minimum atomic E-state index is -0.104. The molecule has 0 aliphatic carbocycles. The number of aromatic nitrogens is 2. The zero-order valence-corrected chi connectivity index (χ0v) is 8.98. The van der Waals surface area contributed by atoms with E-state index in [1.807, 2.05) is 6.92 Å². The van der Waals surface area contributed by atoms with Crippen molar-refractivity contribution in [2.75, 3.05) is 0 Å². The van der Waals surface area contributed by atoms with Gasteiger partial charge in [-0.15, -0.1) is 0 Å². The van der Waals surface area contributed by atoms with E-state index in [4.69, 9.17) is 16.6 Å². The number of carbonyl (C=O) groups excluding carboxylic acids is 1. The van der Waals surface area contributed by atoms with E-state index >= 15 is 0 Å². The third-order valence-electron chi connectivity index (χ3n) is 2.17. The Morgan fingerprint density at radius 1 is 1.53 bits per heavy atom. The molecule has 2 aromatic rings. The van der Waals surface area contributed by atoms with Crippen LogP contribution in [0.4, 0.5) is 0 Å². The Bertz CT molecular complexity index is 522. The topological polar surface area (TPSA) is 61.8 Å². The second-order valence-corrected chi connectivity index (χ2v) is 3.54. The number of aryl methyl sites for hydroxylation is 1. The summed E-state index contributed by atoms with van der Waals surface area (Å²) in [5, 5.41) is 0. The lowest BCUT2D eigenvalue weighted by atomic mass is 10.1. The first-order chi connectivity index (χ1) is 7.22. The van der Waals surface area contributed by atoms with Crippen molar-refractivity contribution in [1.29, 1.82) is 0 Å². The third-order valence-corrected chi connectivity index (χ3v) is 2.37. The number of furan rings is 1. The zero-order chi connectivity index (χ0) is 10.8. The SMILES string of the molecule is CCc1[nH]c(=S)[nH]c1C(=O)c1ccoc1. The van der Waals surface area contributed by atoms with Crippen molar-refractivity contribution < 1.29 is 9.21 Å². The van der Waals surface area contributed by atoms with Crippen molar-refractivity contribution in [2.45, 2.75) is 13.3 Å². The number of hydrogen-bond donors (Lipinski definition) is 2. The van der Waals surface area contributed by atoms with Gasteiger partial charge in [-0.05, 0) is 24.7 Å². The van der Waals surface area contributed by atoms with Gasteiger partial charge in [-0.1, -0.05) is 6.92 Å². The molecule has 0 amide bonds. The molecule has 0 spiro atoms. The molecule has 0 radical (unpaired) electrons. The van der Waals surface area contributed by atoms with Crippen LogP contribution in [0.3, 0.4) is 0 Å². The largest absolute Gasteiger partial charge is 0.472 e. The molecule has 0 saturated carbocycles. The minimum absolute atomic E-state index is 0.104. The molecular formula is C10H10N2O2S. The summed E-state index contributed by atoms with van der Waals surface area (Å²) >= 11 is 4.95. The number of ketones is 1. The van der Waals surface area contributed by atoms with Gasteiger partial charge in [0.15, 0.2) is 4.77 Å². The number of nitrogens with one attached hydrogen (secondary N) is 2. The van der Waals surface area contributed by atoms with E-state index in [2.05, 4.69) is 9.97 Å². The van der Waals surface area contributed by atoms with Crippen LogP contribution in [-0.2, 0) is 6.42 Å². The molecule has 15 heavy (non-hydrogen) atoms. The highest BCUT2D eigenvalue weighted by atomic mass is 32.1. The summed E-state index contributed by atoms with van der Waals surface area (Å²) in [5.41, 5.74) is 1.87. The molecule has 78 valence electrons. The molecule has 2 aromatic heterocycles. The summed E-state index contributed by atoms with van der Waals surface area (Å²) in [7, 11) is 0. The van der Waals surface area contributed by atoms with E-state index in [0.29, 0.717) is 16.0 Å². The molecule has 0 aliphatic rings. The maximum atomic E-state index is 11.9. The molecule has 2 N–H and O–H groups in total. The fourth-order valence-corrected chi connectivity index (χ4v) is 1.64. The highest BCUT2D eigenvalue weighted by Crippen LogP contribution is 2.12. The predicted octanol–water partition coefficient (Wildman–Crippen LogP) is 2.46. The number of aromatic amines is 2. The second kappa shape index (κ2) is 3.86. The Morgan fingerprint density at radius 2 is 2.33 bits per heavy atom. The van der Waals surface area contributed by atoms with Gasteiger partial charge in [0.25, 0.3) is 0 Å². The second-order valence-electron chi connectivity index (χ2n) is 3.13. The van der Waals surface area contributed by atoms with Gasteiger partial charge in [-0.3, -0.25) is 4.79 Å². The number of hydrogen-bond acceptors (Lipinski definition) is 3. The van der Waals surface area contributed by atoms with E-state index < -0.39 is 0 Å². The van der Waals surface area contributed by atoms with Gasteiger partial charge in [-0.25, -0.2) is 0 Å². The van der Waals surface area contributed by atoms with E-state index in [0.717, 1.165) is 12.1 Å². The van der Waals surface area contributed by atoms with Crippen LogP contribution in [0.1, 0.15) is 28.7 Å². The fraction of sp³-hybridized carbons (Fsp3) is 0.200. The van der Waals surface area contributed by atoms with Gasteiger partial charge in [-0.2, -0.15) is 0 Å². The standard InChI is InChI=1S/C10H10N2O2S/c1-2-7-8(12-10(15)11-7)9(13)6-3-4-14-5-6/h3-5H,2H2,1H3,(H2,11,12,15). The Morgan fingerprint density at radius 3 is 2.93 bits per heavy atom. The molecule has 2 rings (SSSR count). The lowest BCUT2D eigenvalue weighted by Crippen LogP contribution is -2.03. The first-order valence-electron chi connectivity index (χ1n) is 4.60. The lowest BCUT2D eigenvalue weighted by molar-refractivity contribution is 0.103. The van der Waals surface area contributed by atoms with E-state index in [1.54, 1.807) is 6.07 Å². The normalized spacial score (nSPS) is 10.5. The monoisotopic (exact) mass is 222 g/mol. The van der Waals surface area contributed by atoms with Crippen molar-refractivity contribution >= 4 is 18.0 Å². The maximum absolute atomic E-state index is 11.9. The van der Waals surface area contributed by atoms with Crippen LogP contribution >= 0.6 is 12.2 Å². The van der Waals surface area contributed by atoms with Crippen LogP contribution in [-0.4, -0.2) is 15.8 Å². The van der Waals surface area contributed by atoms with Crippen LogP contribution in [0.2, 0.25) is 0 Å². The average Bonchev–Trinajstić information content (AvgIpc) is 2.84. The number of rotatable bonds is 3. The summed E-state index contributed by atoms with van der Waals surface area (Å²) in [5.74, 6) is -0.104. The Labute approximate surface area is 91.3 Å². The Balaban J connectivity index is 2.45. The van der Waals surface area contributed by atoms with Gasteiger partial charge in [0.2, 0.25) is 5.78 Å². The molecule has 0 fully saturated rings. The van der Waals surface area contributed by atoms with Crippen molar-refractivity contribution in [2.24, 2.45) is 0 Å². The summed E-state index contributed by atoms with van der Waals surface area (Å²) in [4.78, 5) is 17.7.